The summed E-state index contributed by atoms with van der Waals surface area (Å²) in [6.45, 7) is 4.30. The van der Waals surface area contributed by atoms with Crippen LogP contribution in [-0.4, -0.2) is 35.2 Å². The van der Waals surface area contributed by atoms with Crippen molar-refractivity contribution >= 4 is 6.09 Å². The molecule has 1 saturated heterocycles. The van der Waals surface area contributed by atoms with Crippen LogP contribution >= 0.6 is 0 Å². The van der Waals surface area contributed by atoms with E-state index in [4.69, 9.17) is 0 Å². The van der Waals surface area contributed by atoms with Crippen LogP contribution in [0.5, 0.6) is 0 Å². The minimum absolute atomic E-state index is 0.109. The molecule has 0 unspecified atom stereocenters. The lowest BCUT2D eigenvalue weighted by atomic mass is 9.94. The number of nitrogens with one attached hydrogen (secondary N) is 1. The summed E-state index contributed by atoms with van der Waals surface area (Å²) >= 11 is 0. The van der Waals surface area contributed by atoms with E-state index in [1.807, 2.05) is 18.2 Å². The summed E-state index contributed by atoms with van der Waals surface area (Å²) in [7, 11) is 0. The zero-order chi connectivity index (χ0) is 13.7. The molecule has 19 heavy (non-hydrogen) atoms. The maximum atomic E-state index is 11.2. The SMILES string of the molecule is C[C@H]1CC[C@@H](CNCc2ccccc2)N(C(=O)O)C1. The third-order valence-corrected chi connectivity index (χ3v) is 3.74. The molecule has 104 valence electrons. The highest BCUT2D eigenvalue weighted by Gasteiger charge is 2.29. The first-order chi connectivity index (χ1) is 9.16. The summed E-state index contributed by atoms with van der Waals surface area (Å²) in [5.74, 6) is 0.474. The average Bonchev–Trinajstić information content (AvgIpc) is 2.41. The average molecular weight is 262 g/mol. The Morgan fingerprint density at radius 1 is 1.37 bits per heavy atom. The number of likely N-dealkylation sites (tertiary alicyclic amines) is 1. The fourth-order valence-electron chi connectivity index (χ4n) is 2.63. The van der Waals surface area contributed by atoms with Gasteiger partial charge < -0.3 is 15.3 Å². The minimum Gasteiger partial charge on any atom is -0.465 e. The highest BCUT2D eigenvalue weighted by atomic mass is 16.4. The van der Waals surface area contributed by atoms with Crippen molar-refractivity contribution in [2.45, 2.75) is 32.4 Å². The molecule has 1 aromatic carbocycles. The highest BCUT2D eigenvalue weighted by molar-refractivity contribution is 5.65. The first-order valence-electron chi connectivity index (χ1n) is 6.91. The van der Waals surface area contributed by atoms with Crippen LogP contribution in [0, 0.1) is 5.92 Å². The molecular weight excluding hydrogens is 240 g/mol. The van der Waals surface area contributed by atoms with E-state index in [9.17, 15) is 9.90 Å². The van der Waals surface area contributed by atoms with E-state index in [-0.39, 0.29) is 6.04 Å². The first kappa shape index (κ1) is 13.9. The van der Waals surface area contributed by atoms with Crippen LogP contribution in [0.3, 0.4) is 0 Å². The summed E-state index contributed by atoms with van der Waals surface area (Å²) in [4.78, 5) is 12.8. The number of amides is 1. The Morgan fingerprint density at radius 3 is 2.79 bits per heavy atom. The van der Waals surface area contributed by atoms with Crippen LogP contribution < -0.4 is 5.32 Å². The maximum Gasteiger partial charge on any atom is 0.407 e. The molecule has 2 N–H and O–H groups in total. The molecule has 1 fully saturated rings. The van der Waals surface area contributed by atoms with Crippen LogP contribution in [0.25, 0.3) is 0 Å². The summed E-state index contributed by atoms with van der Waals surface area (Å²) in [5, 5.41) is 12.6. The van der Waals surface area contributed by atoms with Gasteiger partial charge >= 0.3 is 6.09 Å². The van der Waals surface area contributed by atoms with E-state index in [0.29, 0.717) is 12.5 Å². The monoisotopic (exact) mass is 262 g/mol. The Morgan fingerprint density at radius 2 is 2.11 bits per heavy atom. The lowest BCUT2D eigenvalue weighted by Gasteiger charge is -2.36. The molecule has 0 radical (unpaired) electrons. The van der Waals surface area contributed by atoms with E-state index in [1.165, 1.54) is 5.56 Å². The number of benzene rings is 1. The van der Waals surface area contributed by atoms with Gasteiger partial charge in [0.05, 0.1) is 0 Å². The van der Waals surface area contributed by atoms with Crippen molar-refractivity contribution < 1.29 is 9.90 Å². The van der Waals surface area contributed by atoms with Gasteiger partial charge in [0, 0.05) is 25.7 Å². The largest absolute Gasteiger partial charge is 0.465 e. The van der Waals surface area contributed by atoms with Gasteiger partial charge in [-0.1, -0.05) is 37.3 Å². The van der Waals surface area contributed by atoms with Crippen molar-refractivity contribution in [1.29, 1.82) is 0 Å². The summed E-state index contributed by atoms with van der Waals surface area (Å²) in [6.07, 6.45) is 1.27. The fourth-order valence-corrected chi connectivity index (χ4v) is 2.63. The Balaban J connectivity index is 1.82. The Kier molecular flexibility index (Phi) is 4.80. The molecule has 0 aromatic heterocycles. The normalized spacial score (nSPS) is 23.3. The molecule has 2 rings (SSSR count). The number of rotatable bonds is 4. The van der Waals surface area contributed by atoms with Crippen LogP contribution in [0.15, 0.2) is 30.3 Å². The molecule has 1 aromatic rings. The van der Waals surface area contributed by atoms with Gasteiger partial charge in [-0.15, -0.1) is 0 Å². The van der Waals surface area contributed by atoms with Gasteiger partial charge in [-0.05, 0) is 24.3 Å². The number of hydrogen-bond acceptors (Lipinski definition) is 2. The molecule has 0 spiro atoms. The van der Waals surface area contributed by atoms with Gasteiger partial charge in [-0.3, -0.25) is 0 Å². The second-order valence-corrected chi connectivity index (χ2v) is 5.39. The smallest absolute Gasteiger partial charge is 0.407 e. The summed E-state index contributed by atoms with van der Waals surface area (Å²) < 4.78 is 0. The Bertz CT molecular complexity index is 408. The molecule has 0 saturated carbocycles. The zero-order valence-corrected chi connectivity index (χ0v) is 11.4. The molecular formula is C15H22N2O2. The van der Waals surface area contributed by atoms with E-state index in [2.05, 4.69) is 24.4 Å². The topological polar surface area (TPSA) is 52.6 Å². The number of carboxylic acid groups (broad SMARTS) is 1. The number of piperidine rings is 1. The minimum atomic E-state index is -0.793. The Labute approximate surface area is 114 Å². The van der Waals surface area contributed by atoms with Gasteiger partial charge in [-0.2, -0.15) is 0 Å². The van der Waals surface area contributed by atoms with Gasteiger partial charge in [0.15, 0.2) is 0 Å². The van der Waals surface area contributed by atoms with Crippen molar-refractivity contribution in [3.05, 3.63) is 35.9 Å². The van der Waals surface area contributed by atoms with E-state index >= 15 is 0 Å². The lowest BCUT2D eigenvalue weighted by Crippen LogP contribution is -2.50. The maximum absolute atomic E-state index is 11.2. The van der Waals surface area contributed by atoms with Crippen molar-refractivity contribution in [3.8, 4) is 0 Å². The third kappa shape index (κ3) is 3.96. The Hall–Kier alpha value is -1.55. The summed E-state index contributed by atoms with van der Waals surface area (Å²) in [6, 6.07) is 10.3. The standard InChI is InChI=1S/C15H22N2O2/c1-12-7-8-14(17(11-12)15(18)19)10-16-9-13-5-3-2-4-6-13/h2-6,12,14,16H,7-11H2,1H3,(H,18,19)/t12-,14-/m0/s1. The highest BCUT2D eigenvalue weighted by Crippen LogP contribution is 2.21. The fraction of sp³-hybridized carbons (Fsp3) is 0.533. The van der Waals surface area contributed by atoms with Crippen LogP contribution in [0.1, 0.15) is 25.3 Å². The number of carbonyl (C=O) groups is 1. The van der Waals surface area contributed by atoms with Crippen molar-refractivity contribution in [2.75, 3.05) is 13.1 Å². The molecule has 1 aliphatic rings. The van der Waals surface area contributed by atoms with Gasteiger partial charge in [0.25, 0.3) is 0 Å². The predicted molar refractivity (Wildman–Crippen MR) is 75.1 cm³/mol. The molecule has 0 bridgehead atoms. The molecule has 1 amide bonds. The van der Waals surface area contributed by atoms with Crippen molar-refractivity contribution in [3.63, 3.8) is 0 Å². The third-order valence-electron chi connectivity index (χ3n) is 3.74. The van der Waals surface area contributed by atoms with Gasteiger partial charge in [0.2, 0.25) is 0 Å². The summed E-state index contributed by atoms with van der Waals surface area (Å²) in [5.41, 5.74) is 1.23. The zero-order valence-electron chi connectivity index (χ0n) is 11.4. The lowest BCUT2D eigenvalue weighted by molar-refractivity contribution is 0.0895. The second-order valence-electron chi connectivity index (χ2n) is 5.39. The van der Waals surface area contributed by atoms with Crippen LogP contribution in [0.2, 0.25) is 0 Å². The number of hydrogen-bond donors (Lipinski definition) is 2. The molecule has 4 nitrogen and oxygen atoms in total. The van der Waals surface area contributed by atoms with Gasteiger partial charge in [0.1, 0.15) is 0 Å². The number of nitrogens with zero attached hydrogens (tertiary/aromatic N) is 1. The van der Waals surface area contributed by atoms with E-state index in [1.54, 1.807) is 4.90 Å². The quantitative estimate of drug-likeness (QED) is 0.876. The van der Waals surface area contributed by atoms with E-state index < -0.39 is 6.09 Å². The predicted octanol–water partition coefficient (Wildman–Crippen LogP) is 2.55. The molecule has 0 aliphatic carbocycles. The first-order valence-corrected chi connectivity index (χ1v) is 6.91. The van der Waals surface area contributed by atoms with Crippen molar-refractivity contribution in [1.82, 2.24) is 10.2 Å². The molecule has 2 atom stereocenters. The molecule has 1 aliphatic heterocycles. The molecule has 4 heteroatoms. The van der Waals surface area contributed by atoms with Crippen LogP contribution in [-0.2, 0) is 6.54 Å². The molecule has 1 heterocycles. The van der Waals surface area contributed by atoms with Gasteiger partial charge in [-0.25, -0.2) is 4.79 Å². The van der Waals surface area contributed by atoms with Crippen molar-refractivity contribution in [2.24, 2.45) is 5.92 Å². The van der Waals surface area contributed by atoms with E-state index in [0.717, 1.165) is 25.9 Å². The van der Waals surface area contributed by atoms with Crippen LogP contribution in [0.4, 0.5) is 4.79 Å². The second kappa shape index (κ2) is 6.57.